The molecular weight excluding hydrogens is 616 g/mol. The standard InChI is InChI=1S/C20H42N4.4BrH/c21-10-3-11-22-12-4-13-23-14-5-15-24-17-18-8-9-19-6-1-2-7-20(19)16-18;;;;/h18-20,22-24H,1-17,21H2;4*1H. The highest BCUT2D eigenvalue weighted by Gasteiger charge is 2.31. The van der Waals surface area contributed by atoms with Gasteiger partial charge in [0.05, 0.1) is 0 Å². The van der Waals surface area contributed by atoms with Crippen molar-refractivity contribution in [2.75, 3.05) is 45.8 Å². The lowest BCUT2D eigenvalue weighted by Crippen LogP contribution is -2.33. The van der Waals surface area contributed by atoms with Crippen LogP contribution in [-0.2, 0) is 0 Å². The maximum Gasteiger partial charge on any atom is -0.00204 e. The molecule has 0 spiro atoms. The van der Waals surface area contributed by atoms with Gasteiger partial charge >= 0.3 is 0 Å². The highest BCUT2D eigenvalue weighted by atomic mass is 79.9. The SMILES string of the molecule is Br.Br.Br.Br.NCCCNCCCNCCCNCC1CCC2CCCCC2C1. The fraction of sp³-hybridized carbons (Fsp3) is 1.00. The molecule has 2 aliphatic carbocycles. The Morgan fingerprint density at radius 1 is 0.607 bits per heavy atom. The number of nitrogens with two attached hydrogens (primary N) is 1. The molecule has 0 aliphatic heterocycles. The van der Waals surface area contributed by atoms with E-state index in [9.17, 15) is 0 Å². The lowest BCUT2D eigenvalue weighted by Gasteiger charge is -2.39. The Kier molecular flexibility index (Phi) is 28.8. The van der Waals surface area contributed by atoms with Crippen LogP contribution in [0.2, 0.25) is 0 Å². The second-order valence-electron chi connectivity index (χ2n) is 8.04. The predicted octanol–water partition coefficient (Wildman–Crippen LogP) is 4.80. The van der Waals surface area contributed by atoms with Crippen LogP contribution in [0.25, 0.3) is 0 Å². The van der Waals surface area contributed by atoms with Crippen molar-refractivity contribution in [2.24, 2.45) is 23.5 Å². The van der Waals surface area contributed by atoms with Crippen LogP contribution in [0.1, 0.15) is 64.2 Å². The summed E-state index contributed by atoms with van der Waals surface area (Å²) in [6, 6.07) is 0. The van der Waals surface area contributed by atoms with E-state index in [0.717, 1.165) is 56.9 Å². The van der Waals surface area contributed by atoms with Crippen LogP contribution in [0.4, 0.5) is 0 Å². The van der Waals surface area contributed by atoms with E-state index in [1.165, 1.54) is 70.9 Å². The van der Waals surface area contributed by atoms with Crippen LogP contribution in [0, 0.1) is 17.8 Å². The van der Waals surface area contributed by atoms with Gasteiger partial charge in [-0.3, -0.25) is 0 Å². The molecule has 2 aliphatic rings. The van der Waals surface area contributed by atoms with Crippen molar-refractivity contribution in [3.63, 3.8) is 0 Å². The van der Waals surface area contributed by atoms with Crippen LogP contribution in [0.3, 0.4) is 0 Å². The average Bonchev–Trinajstić information content (AvgIpc) is 2.62. The molecule has 8 heteroatoms. The van der Waals surface area contributed by atoms with E-state index in [1.807, 2.05) is 0 Å². The molecule has 0 aromatic carbocycles. The summed E-state index contributed by atoms with van der Waals surface area (Å²) >= 11 is 0. The lowest BCUT2D eigenvalue weighted by atomic mass is 9.67. The summed E-state index contributed by atoms with van der Waals surface area (Å²) in [5.41, 5.74) is 5.47. The Morgan fingerprint density at radius 3 is 1.75 bits per heavy atom. The van der Waals surface area contributed by atoms with Crippen molar-refractivity contribution in [1.29, 1.82) is 0 Å². The van der Waals surface area contributed by atoms with Gasteiger partial charge in [-0.2, -0.15) is 0 Å². The van der Waals surface area contributed by atoms with Crippen molar-refractivity contribution in [2.45, 2.75) is 64.2 Å². The number of fused-ring (bicyclic) bond motifs is 1. The zero-order chi connectivity index (χ0) is 16.9. The Hall–Kier alpha value is 1.76. The van der Waals surface area contributed by atoms with Crippen molar-refractivity contribution < 1.29 is 0 Å². The number of hydrogen-bond acceptors (Lipinski definition) is 4. The minimum atomic E-state index is 0. The van der Waals surface area contributed by atoms with E-state index in [4.69, 9.17) is 5.73 Å². The molecule has 0 amide bonds. The van der Waals surface area contributed by atoms with Gasteiger partial charge in [0, 0.05) is 0 Å². The summed E-state index contributed by atoms with van der Waals surface area (Å²) in [5, 5.41) is 10.7. The molecule has 3 unspecified atom stereocenters. The molecule has 2 saturated carbocycles. The van der Waals surface area contributed by atoms with Crippen molar-refractivity contribution in [1.82, 2.24) is 16.0 Å². The van der Waals surface area contributed by atoms with Gasteiger partial charge in [0.15, 0.2) is 0 Å². The molecule has 5 N–H and O–H groups in total. The topological polar surface area (TPSA) is 62.1 Å². The average molecular weight is 662 g/mol. The second kappa shape index (κ2) is 23.4. The summed E-state index contributed by atoms with van der Waals surface area (Å²) < 4.78 is 0. The number of hydrogen-bond donors (Lipinski definition) is 4. The van der Waals surface area contributed by atoms with Crippen molar-refractivity contribution in [3.05, 3.63) is 0 Å². The first-order valence-electron chi connectivity index (χ1n) is 10.7. The summed E-state index contributed by atoms with van der Waals surface area (Å²) in [5.74, 6) is 3.11. The quantitative estimate of drug-likeness (QED) is 0.214. The van der Waals surface area contributed by atoms with Gasteiger partial charge in [0.1, 0.15) is 0 Å². The van der Waals surface area contributed by atoms with Crippen LogP contribution < -0.4 is 21.7 Å². The summed E-state index contributed by atoms with van der Waals surface area (Å²) in [4.78, 5) is 0. The fourth-order valence-electron chi connectivity index (χ4n) is 4.62. The van der Waals surface area contributed by atoms with Gasteiger partial charge < -0.3 is 21.7 Å². The third-order valence-corrected chi connectivity index (χ3v) is 6.05. The van der Waals surface area contributed by atoms with Gasteiger partial charge in [-0.25, -0.2) is 0 Å². The van der Waals surface area contributed by atoms with Crippen LogP contribution in [0.5, 0.6) is 0 Å². The maximum atomic E-state index is 5.47. The molecule has 28 heavy (non-hydrogen) atoms. The zero-order valence-corrected chi connectivity index (χ0v) is 24.3. The minimum absolute atomic E-state index is 0. The molecule has 4 nitrogen and oxygen atoms in total. The van der Waals surface area contributed by atoms with Gasteiger partial charge in [-0.1, -0.05) is 25.7 Å². The Balaban J connectivity index is -0.00000156. The summed E-state index contributed by atoms with van der Waals surface area (Å²) in [7, 11) is 0. The Labute approximate surface area is 216 Å². The second-order valence-corrected chi connectivity index (χ2v) is 8.04. The van der Waals surface area contributed by atoms with E-state index < -0.39 is 0 Å². The van der Waals surface area contributed by atoms with E-state index in [0.29, 0.717) is 0 Å². The first-order valence-corrected chi connectivity index (χ1v) is 10.7. The van der Waals surface area contributed by atoms with E-state index in [2.05, 4.69) is 16.0 Å². The molecule has 0 heterocycles. The highest BCUT2D eigenvalue weighted by Crippen LogP contribution is 2.42. The summed E-state index contributed by atoms with van der Waals surface area (Å²) in [6.45, 7) is 7.66. The minimum Gasteiger partial charge on any atom is -0.330 e. The zero-order valence-electron chi connectivity index (χ0n) is 17.5. The van der Waals surface area contributed by atoms with E-state index in [1.54, 1.807) is 0 Å². The predicted molar refractivity (Wildman–Crippen MR) is 146 cm³/mol. The summed E-state index contributed by atoms with van der Waals surface area (Å²) in [6.07, 6.45) is 14.1. The molecule has 0 saturated heterocycles. The largest absolute Gasteiger partial charge is 0.330 e. The molecule has 3 atom stereocenters. The molecule has 0 aromatic heterocycles. The molecule has 2 rings (SSSR count). The third-order valence-electron chi connectivity index (χ3n) is 6.05. The smallest absolute Gasteiger partial charge is 0.00204 e. The van der Waals surface area contributed by atoms with Crippen molar-refractivity contribution >= 4 is 67.9 Å². The molecule has 2 fully saturated rings. The fourth-order valence-corrected chi connectivity index (χ4v) is 4.62. The molecule has 174 valence electrons. The lowest BCUT2D eigenvalue weighted by molar-refractivity contribution is 0.129. The van der Waals surface area contributed by atoms with E-state index in [-0.39, 0.29) is 67.9 Å². The first kappa shape index (κ1) is 34.4. The van der Waals surface area contributed by atoms with E-state index >= 15 is 0 Å². The molecule has 0 bridgehead atoms. The van der Waals surface area contributed by atoms with Crippen LogP contribution in [-0.4, -0.2) is 45.8 Å². The van der Waals surface area contributed by atoms with Crippen LogP contribution >= 0.6 is 67.9 Å². The highest BCUT2D eigenvalue weighted by molar-refractivity contribution is 8.93. The third kappa shape index (κ3) is 15.5. The van der Waals surface area contributed by atoms with Crippen LogP contribution in [0.15, 0.2) is 0 Å². The monoisotopic (exact) mass is 658 g/mol. The normalized spacial score (nSPS) is 23.2. The Morgan fingerprint density at radius 2 is 1.14 bits per heavy atom. The van der Waals surface area contributed by atoms with Gasteiger partial charge in [-0.15, -0.1) is 67.9 Å². The molecule has 0 aromatic rings. The first-order chi connectivity index (χ1) is 11.9. The molecule has 0 radical (unpaired) electrons. The number of halogens is 4. The number of rotatable bonds is 13. The maximum absolute atomic E-state index is 5.47. The van der Waals surface area contributed by atoms with Gasteiger partial charge in [-0.05, 0) is 102 Å². The number of nitrogens with one attached hydrogen (secondary N) is 3. The molecular formula is C20H46Br4N4. The Bertz CT molecular complexity index is 314. The van der Waals surface area contributed by atoms with Gasteiger partial charge in [0.25, 0.3) is 0 Å². The van der Waals surface area contributed by atoms with Gasteiger partial charge in [0.2, 0.25) is 0 Å². The van der Waals surface area contributed by atoms with Crippen molar-refractivity contribution in [3.8, 4) is 0 Å².